The number of carbonyl (C=O) groups is 1. The normalized spacial score (nSPS) is 35.1. The fraction of sp³-hybridized carbons (Fsp3) is 0.625. The van der Waals surface area contributed by atoms with Crippen LogP contribution in [-0.4, -0.2) is 32.7 Å². The second kappa shape index (κ2) is 7.40. The van der Waals surface area contributed by atoms with E-state index in [1.807, 2.05) is 30.3 Å². The van der Waals surface area contributed by atoms with Gasteiger partial charge in [-0.2, -0.15) is 0 Å². The predicted molar refractivity (Wildman–Crippen MR) is 119 cm³/mol. The molecule has 0 radical (unpaired) electrons. The van der Waals surface area contributed by atoms with E-state index in [4.69, 9.17) is 0 Å². The summed E-state index contributed by atoms with van der Waals surface area (Å²) in [5.41, 5.74) is 1.90. The Morgan fingerprint density at radius 3 is 2.23 bits per heavy atom. The number of hydrogen-bond acceptors (Lipinski definition) is 3. The van der Waals surface area contributed by atoms with Crippen molar-refractivity contribution >= 4 is 27.7 Å². The van der Waals surface area contributed by atoms with Crippen molar-refractivity contribution in [2.24, 2.45) is 23.2 Å². The fourth-order valence-corrected chi connectivity index (χ4v) is 8.54. The lowest BCUT2D eigenvalue weighted by Crippen LogP contribution is -2.55. The molecule has 6 rings (SSSR count). The molecule has 1 N–H and O–H groups in total. The molecule has 5 fully saturated rings. The summed E-state index contributed by atoms with van der Waals surface area (Å²) in [5, 5.41) is 3.26. The minimum absolute atomic E-state index is 0.0376. The Hall–Kier alpha value is -1.82. The van der Waals surface area contributed by atoms with Gasteiger partial charge in [0.05, 0.1) is 11.4 Å². The molecule has 1 atom stereocenters. The maximum Gasteiger partial charge on any atom is 0.244 e. The Bertz CT molecular complexity index is 916. The molecular formula is C24H32N2O3S. The van der Waals surface area contributed by atoms with Crippen molar-refractivity contribution in [1.29, 1.82) is 0 Å². The average Bonchev–Trinajstić information content (AvgIpc) is 3.05. The van der Waals surface area contributed by atoms with Crippen LogP contribution in [-0.2, 0) is 14.8 Å². The molecule has 1 aliphatic heterocycles. The third kappa shape index (κ3) is 3.68. The van der Waals surface area contributed by atoms with Crippen molar-refractivity contribution < 1.29 is 13.2 Å². The van der Waals surface area contributed by atoms with E-state index in [9.17, 15) is 13.2 Å². The summed E-state index contributed by atoms with van der Waals surface area (Å²) in [6, 6.07) is 7.59. The molecule has 1 aromatic carbocycles. The summed E-state index contributed by atoms with van der Waals surface area (Å²) in [4.78, 5) is 12.6. The van der Waals surface area contributed by atoms with Crippen molar-refractivity contribution in [3.05, 3.63) is 35.9 Å². The average molecular weight is 429 g/mol. The summed E-state index contributed by atoms with van der Waals surface area (Å²) < 4.78 is 25.6. The maximum absolute atomic E-state index is 12.6. The minimum Gasteiger partial charge on any atom is -0.350 e. The van der Waals surface area contributed by atoms with Crippen LogP contribution in [0.2, 0.25) is 0 Å². The second-order valence-corrected chi connectivity index (χ2v) is 12.2. The van der Waals surface area contributed by atoms with Crippen molar-refractivity contribution in [3.8, 4) is 0 Å². The third-order valence-electron chi connectivity index (χ3n) is 8.07. The first kappa shape index (κ1) is 20.1. The Morgan fingerprint density at radius 1 is 1.10 bits per heavy atom. The number of anilines is 1. The van der Waals surface area contributed by atoms with E-state index in [0.29, 0.717) is 24.1 Å². The molecule has 1 heterocycles. The lowest BCUT2D eigenvalue weighted by Gasteiger charge is -2.59. The molecule has 4 saturated carbocycles. The van der Waals surface area contributed by atoms with Gasteiger partial charge < -0.3 is 5.32 Å². The predicted octanol–water partition coefficient (Wildman–Crippen LogP) is 3.96. The van der Waals surface area contributed by atoms with Crippen LogP contribution in [0.5, 0.6) is 0 Å². The number of nitrogens with one attached hydrogen (secondary N) is 1. The highest BCUT2D eigenvalue weighted by Crippen LogP contribution is 2.61. The molecule has 1 amide bonds. The molecule has 0 spiro atoms. The Balaban J connectivity index is 1.20. The van der Waals surface area contributed by atoms with Crippen LogP contribution in [0.1, 0.15) is 57.4 Å². The van der Waals surface area contributed by atoms with E-state index in [1.54, 1.807) is 6.08 Å². The van der Waals surface area contributed by atoms with Gasteiger partial charge in [-0.15, -0.1) is 0 Å². The Kier molecular flexibility index (Phi) is 4.96. The van der Waals surface area contributed by atoms with Crippen LogP contribution in [0.15, 0.2) is 30.3 Å². The maximum atomic E-state index is 12.6. The molecule has 30 heavy (non-hydrogen) atoms. The van der Waals surface area contributed by atoms with Gasteiger partial charge in [-0.25, -0.2) is 8.42 Å². The number of hydrogen-bond donors (Lipinski definition) is 1. The van der Waals surface area contributed by atoms with E-state index in [0.717, 1.165) is 23.3 Å². The topological polar surface area (TPSA) is 66.5 Å². The van der Waals surface area contributed by atoms with Crippen molar-refractivity contribution in [2.75, 3.05) is 16.6 Å². The molecule has 1 aromatic rings. The summed E-state index contributed by atoms with van der Waals surface area (Å²) in [6.45, 7) is 2.74. The van der Waals surface area contributed by atoms with Crippen LogP contribution in [0.3, 0.4) is 0 Å². The first-order chi connectivity index (χ1) is 14.3. The molecule has 4 aliphatic carbocycles. The highest BCUT2D eigenvalue weighted by atomic mass is 32.2. The molecule has 1 saturated heterocycles. The number of amides is 1. The summed E-state index contributed by atoms with van der Waals surface area (Å²) >= 11 is 0. The standard InChI is InChI=1S/C24H32N2O3S/c1-17(24-14-19-11-20(15-24)13-21(12-19)16-24)25-23(27)8-5-18-3-6-22(7-4-18)26-9-2-10-30(26,28)29/h3-8,17,19-21H,2,9-16H2,1H3,(H,25,27)/b8-5+. The minimum atomic E-state index is -3.16. The Morgan fingerprint density at radius 2 is 1.70 bits per heavy atom. The van der Waals surface area contributed by atoms with Crippen LogP contribution < -0.4 is 9.62 Å². The van der Waals surface area contributed by atoms with Crippen LogP contribution in [0.4, 0.5) is 5.69 Å². The van der Waals surface area contributed by atoms with E-state index < -0.39 is 10.0 Å². The van der Waals surface area contributed by atoms with Gasteiger partial charge in [-0.3, -0.25) is 9.10 Å². The molecular weight excluding hydrogens is 396 g/mol. The van der Waals surface area contributed by atoms with Gasteiger partial charge in [0.15, 0.2) is 0 Å². The van der Waals surface area contributed by atoms with Gasteiger partial charge >= 0.3 is 0 Å². The van der Waals surface area contributed by atoms with E-state index in [1.165, 1.54) is 42.8 Å². The zero-order chi connectivity index (χ0) is 20.9. The van der Waals surface area contributed by atoms with E-state index in [2.05, 4.69) is 12.2 Å². The molecule has 162 valence electrons. The Labute approximate surface area is 180 Å². The number of nitrogens with zero attached hydrogens (tertiary/aromatic N) is 1. The van der Waals surface area contributed by atoms with Crippen LogP contribution in [0.25, 0.3) is 6.08 Å². The van der Waals surface area contributed by atoms with Gasteiger partial charge in [-0.05, 0) is 98.8 Å². The summed E-state index contributed by atoms with van der Waals surface area (Å²) in [5.74, 6) is 2.82. The zero-order valence-electron chi connectivity index (χ0n) is 17.7. The van der Waals surface area contributed by atoms with Crippen LogP contribution >= 0.6 is 0 Å². The fourth-order valence-electron chi connectivity index (χ4n) is 6.98. The smallest absolute Gasteiger partial charge is 0.244 e. The van der Waals surface area contributed by atoms with E-state index in [-0.39, 0.29) is 17.7 Å². The van der Waals surface area contributed by atoms with E-state index >= 15 is 0 Å². The lowest BCUT2D eigenvalue weighted by molar-refractivity contribution is -0.121. The molecule has 4 bridgehead atoms. The van der Waals surface area contributed by atoms with Crippen molar-refractivity contribution in [3.63, 3.8) is 0 Å². The summed E-state index contributed by atoms with van der Waals surface area (Å²) in [7, 11) is -3.16. The first-order valence-corrected chi connectivity index (χ1v) is 13.0. The second-order valence-electron chi connectivity index (χ2n) is 10.2. The molecule has 5 aliphatic rings. The summed E-state index contributed by atoms with van der Waals surface area (Å²) in [6.07, 6.45) is 12.2. The highest BCUT2D eigenvalue weighted by molar-refractivity contribution is 7.93. The monoisotopic (exact) mass is 428 g/mol. The third-order valence-corrected chi connectivity index (χ3v) is 9.94. The number of carbonyl (C=O) groups excluding carboxylic acids is 1. The van der Waals surface area contributed by atoms with Gasteiger partial charge in [0.2, 0.25) is 15.9 Å². The molecule has 6 heteroatoms. The molecule has 5 nitrogen and oxygen atoms in total. The van der Waals surface area contributed by atoms with Gasteiger partial charge in [0, 0.05) is 18.7 Å². The van der Waals surface area contributed by atoms with Crippen molar-refractivity contribution in [1.82, 2.24) is 5.32 Å². The molecule has 1 unspecified atom stereocenters. The van der Waals surface area contributed by atoms with Gasteiger partial charge in [0.25, 0.3) is 0 Å². The van der Waals surface area contributed by atoms with Crippen LogP contribution in [0, 0.1) is 23.2 Å². The largest absolute Gasteiger partial charge is 0.350 e. The quantitative estimate of drug-likeness (QED) is 0.722. The van der Waals surface area contributed by atoms with Gasteiger partial charge in [0.1, 0.15) is 0 Å². The first-order valence-electron chi connectivity index (χ1n) is 11.4. The van der Waals surface area contributed by atoms with Crippen molar-refractivity contribution in [2.45, 2.75) is 57.9 Å². The lowest BCUT2D eigenvalue weighted by atomic mass is 9.48. The number of benzene rings is 1. The van der Waals surface area contributed by atoms with Gasteiger partial charge in [-0.1, -0.05) is 12.1 Å². The SMILES string of the molecule is CC(NC(=O)/C=C/c1ccc(N2CCCS2(=O)=O)cc1)C12CC3CC(CC(C3)C1)C2. The zero-order valence-corrected chi connectivity index (χ0v) is 18.5. The number of rotatable bonds is 5. The number of sulfonamides is 1. The molecule has 0 aromatic heterocycles. The highest BCUT2D eigenvalue weighted by Gasteiger charge is 2.53.